The number of nitrogens with one attached hydrogen (secondary N) is 2. The Balaban J connectivity index is 0.00000676. The van der Waals surface area contributed by atoms with Crippen LogP contribution in [-0.2, 0) is 6.54 Å². The van der Waals surface area contributed by atoms with E-state index < -0.39 is 0 Å². The van der Waals surface area contributed by atoms with Gasteiger partial charge in [-0.3, -0.25) is 0 Å². The number of benzene rings is 1. The number of methoxy groups -OCH3 is 1. The number of phenolic OH excluding ortho intramolecular Hbond substituents is 1. The first kappa shape index (κ1) is 25.8. The third-order valence-corrected chi connectivity index (χ3v) is 4.43. The van der Waals surface area contributed by atoms with Crippen LogP contribution < -0.4 is 15.4 Å². The van der Waals surface area contributed by atoms with Crippen LogP contribution in [0, 0.1) is 0 Å². The van der Waals surface area contributed by atoms with Crippen molar-refractivity contribution in [1.82, 2.24) is 15.5 Å². The van der Waals surface area contributed by atoms with Crippen molar-refractivity contribution in [2.45, 2.75) is 53.1 Å². The molecule has 0 aliphatic rings. The number of hydrogen-bond acceptors (Lipinski definition) is 4. The molecule has 1 aromatic carbocycles. The van der Waals surface area contributed by atoms with Crippen LogP contribution in [0.5, 0.6) is 11.5 Å². The monoisotopic (exact) mass is 492 g/mol. The van der Waals surface area contributed by atoms with E-state index in [9.17, 15) is 5.11 Å². The van der Waals surface area contributed by atoms with Gasteiger partial charge in [-0.2, -0.15) is 0 Å². The minimum atomic E-state index is 0. The molecule has 0 fully saturated rings. The molecule has 0 saturated carbocycles. The van der Waals surface area contributed by atoms with Crippen LogP contribution in [0.2, 0.25) is 0 Å². The van der Waals surface area contributed by atoms with Gasteiger partial charge in [-0.1, -0.05) is 13.8 Å². The van der Waals surface area contributed by atoms with Crippen LogP contribution in [0.1, 0.15) is 46.1 Å². The van der Waals surface area contributed by atoms with Gasteiger partial charge in [-0.15, -0.1) is 24.0 Å². The molecule has 0 amide bonds. The third kappa shape index (κ3) is 10.0. The highest BCUT2D eigenvalue weighted by Gasteiger charge is 2.08. The van der Waals surface area contributed by atoms with Crippen molar-refractivity contribution < 1.29 is 9.84 Å². The van der Waals surface area contributed by atoms with Gasteiger partial charge in [0.25, 0.3) is 0 Å². The lowest BCUT2D eigenvalue weighted by molar-refractivity contribution is 0.292. The quantitative estimate of drug-likeness (QED) is 0.250. The Morgan fingerprint density at radius 1 is 1.26 bits per heavy atom. The molecule has 0 aromatic heterocycles. The number of aliphatic imine (C=N–C) groups is 1. The molecule has 1 atom stereocenters. The molecule has 1 rings (SSSR count). The van der Waals surface area contributed by atoms with E-state index in [0.717, 1.165) is 56.3 Å². The van der Waals surface area contributed by atoms with Crippen LogP contribution in [-0.4, -0.2) is 55.3 Å². The van der Waals surface area contributed by atoms with Gasteiger partial charge >= 0.3 is 0 Å². The second kappa shape index (κ2) is 14.8. The Morgan fingerprint density at radius 3 is 2.56 bits per heavy atom. The zero-order valence-electron chi connectivity index (χ0n) is 17.4. The van der Waals surface area contributed by atoms with Crippen LogP contribution >= 0.6 is 24.0 Å². The molecular weight excluding hydrogens is 455 g/mol. The lowest BCUT2D eigenvalue weighted by atomic mass is 10.1. The molecule has 0 aliphatic carbocycles. The van der Waals surface area contributed by atoms with Crippen LogP contribution in [0.3, 0.4) is 0 Å². The van der Waals surface area contributed by atoms with E-state index in [1.54, 1.807) is 19.2 Å². The van der Waals surface area contributed by atoms with Crippen LogP contribution in [0.4, 0.5) is 0 Å². The first-order valence-electron chi connectivity index (χ1n) is 9.67. The topological polar surface area (TPSA) is 69.1 Å². The maximum absolute atomic E-state index is 10.00. The van der Waals surface area contributed by atoms with Gasteiger partial charge in [-0.05, 0) is 64.5 Å². The summed E-state index contributed by atoms with van der Waals surface area (Å²) in [5, 5.41) is 16.7. The number of phenols is 1. The van der Waals surface area contributed by atoms with Gasteiger partial charge in [0.1, 0.15) is 11.5 Å². The molecule has 1 unspecified atom stereocenters. The summed E-state index contributed by atoms with van der Waals surface area (Å²) in [6, 6.07) is 5.53. The molecule has 0 radical (unpaired) electrons. The normalized spacial score (nSPS) is 12.4. The van der Waals surface area contributed by atoms with Crippen molar-refractivity contribution in [1.29, 1.82) is 0 Å². The van der Waals surface area contributed by atoms with E-state index >= 15 is 0 Å². The number of aromatic hydroxyl groups is 1. The molecule has 0 spiro atoms. The fraction of sp³-hybridized carbons (Fsp3) is 0.650. The summed E-state index contributed by atoms with van der Waals surface area (Å²) in [6.07, 6.45) is 2.25. The zero-order valence-corrected chi connectivity index (χ0v) is 19.7. The lowest BCUT2D eigenvalue weighted by Gasteiger charge is -2.21. The SMILES string of the molecule is CCNC(=NCc1cc(OC)ccc1O)NC(C)CCCN(CC)CC.I. The predicted octanol–water partition coefficient (Wildman–Crippen LogP) is 3.58. The van der Waals surface area contributed by atoms with Crippen molar-refractivity contribution in [3.63, 3.8) is 0 Å². The van der Waals surface area contributed by atoms with E-state index in [1.165, 1.54) is 0 Å². The Hall–Kier alpha value is -1.22. The summed E-state index contributed by atoms with van der Waals surface area (Å²) in [5.41, 5.74) is 0.746. The summed E-state index contributed by atoms with van der Waals surface area (Å²) in [4.78, 5) is 7.05. The van der Waals surface area contributed by atoms with Crippen LogP contribution in [0.15, 0.2) is 23.2 Å². The second-order valence-corrected chi connectivity index (χ2v) is 6.40. The first-order chi connectivity index (χ1) is 12.5. The second-order valence-electron chi connectivity index (χ2n) is 6.40. The molecule has 27 heavy (non-hydrogen) atoms. The molecule has 1 aromatic rings. The Labute approximate surface area is 181 Å². The Morgan fingerprint density at radius 2 is 1.96 bits per heavy atom. The highest BCUT2D eigenvalue weighted by molar-refractivity contribution is 14.0. The van der Waals surface area contributed by atoms with Crippen molar-refractivity contribution in [2.24, 2.45) is 4.99 Å². The standard InChI is InChI=1S/C20H36N4O2.HI/c1-6-21-20(23-16(4)10-9-13-24(7-2)8-3)22-15-17-14-18(26-5)11-12-19(17)25;/h11-12,14,16,25H,6-10,13,15H2,1-5H3,(H2,21,22,23);1H. The van der Waals surface area contributed by atoms with Gasteiger partial charge in [0.2, 0.25) is 0 Å². The smallest absolute Gasteiger partial charge is 0.191 e. The highest BCUT2D eigenvalue weighted by atomic mass is 127. The molecular formula is C20H37IN4O2. The van der Waals surface area contributed by atoms with Gasteiger partial charge in [-0.25, -0.2) is 4.99 Å². The predicted molar refractivity (Wildman–Crippen MR) is 125 cm³/mol. The summed E-state index contributed by atoms with van der Waals surface area (Å²) >= 11 is 0. The van der Waals surface area contributed by atoms with E-state index in [0.29, 0.717) is 12.6 Å². The van der Waals surface area contributed by atoms with Gasteiger partial charge in [0.05, 0.1) is 13.7 Å². The largest absolute Gasteiger partial charge is 0.508 e. The Kier molecular flexibility index (Phi) is 14.1. The van der Waals surface area contributed by atoms with Crippen LogP contribution in [0.25, 0.3) is 0 Å². The Bertz CT molecular complexity index is 551. The van der Waals surface area contributed by atoms with Gasteiger partial charge in [0, 0.05) is 18.2 Å². The molecule has 0 saturated heterocycles. The summed E-state index contributed by atoms with van der Waals surface area (Å²) < 4.78 is 5.22. The van der Waals surface area contributed by atoms with E-state index in [2.05, 4.69) is 41.3 Å². The number of ether oxygens (including phenoxy) is 1. The van der Waals surface area contributed by atoms with E-state index in [-0.39, 0.29) is 29.7 Å². The molecule has 156 valence electrons. The number of guanidine groups is 1. The zero-order chi connectivity index (χ0) is 19.4. The maximum atomic E-state index is 10.00. The number of nitrogens with zero attached hydrogens (tertiary/aromatic N) is 2. The van der Waals surface area contributed by atoms with Gasteiger partial charge in [0.15, 0.2) is 5.96 Å². The summed E-state index contributed by atoms with van der Waals surface area (Å²) in [6.45, 7) is 13.2. The van der Waals surface area contributed by atoms with E-state index in [1.807, 2.05) is 13.0 Å². The van der Waals surface area contributed by atoms with Crippen molar-refractivity contribution in [3.05, 3.63) is 23.8 Å². The van der Waals surface area contributed by atoms with Crippen molar-refractivity contribution in [3.8, 4) is 11.5 Å². The number of rotatable bonds is 11. The molecule has 6 nitrogen and oxygen atoms in total. The summed E-state index contributed by atoms with van der Waals surface area (Å²) in [5.74, 6) is 1.72. The minimum absolute atomic E-state index is 0. The molecule has 3 N–H and O–H groups in total. The lowest BCUT2D eigenvalue weighted by Crippen LogP contribution is -2.42. The third-order valence-electron chi connectivity index (χ3n) is 4.43. The summed E-state index contributed by atoms with van der Waals surface area (Å²) in [7, 11) is 1.62. The fourth-order valence-corrected chi connectivity index (χ4v) is 2.77. The molecule has 0 aliphatic heterocycles. The molecule has 0 heterocycles. The average Bonchev–Trinajstić information content (AvgIpc) is 2.64. The fourth-order valence-electron chi connectivity index (χ4n) is 2.77. The average molecular weight is 492 g/mol. The maximum Gasteiger partial charge on any atom is 0.191 e. The van der Waals surface area contributed by atoms with Crippen molar-refractivity contribution >= 4 is 29.9 Å². The molecule has 0 bridgehead atoms. The highest BCUT2D eigenvalue weighted by Crippen LogP contribution is 2.23. The van der Waals surface area contributed by atoms with Gasteiger partial charge < -0.3 is 25.4 Å². The molecule has 7 heteroatoms. The minimum Gasteiger partial charge on any atom is -0.508 e. The van der Waals surface area contributed by atoms with E-state index in [4.69, 9.17) is 4.74 Å². The number of halogens is 1. The van der Waals surface area contributed by atoms with Crippen molar-refractivity contribution in [2.75, 3.05) is 33.3 Å². The number of hydrogen-bond donors (Lipinski definition) is 3. The first-order valence-corrected chi connectivity index (χ1v) is 9.67.